The summed E-state index contributed by atoms with van der Waals surface area (Å²) in [6.45, 7) is 3.51. The zero-order chi connectivity index (χ0) is 12.4. The monoisotopic (exact) mass is 251 g/mol. The van der Waals surface area contributed by atoms with E-state index in [2.05, 4.69) is 15.5 Å². The third-order valence-electron chi connectivity index (χ3n) is 4.06. The van der Waals surface area contributed by atoms with Crippen LogP contribution in [0.1, 0.15) is 57.2 Å². The lowest BCUT2D eigenvalue weighted by Crippen LogP contribution is -2.26. The van der Waals surface area contributed by atoms with Gasteiger partial charge < -0.3 is 14.6 Å². The minimum absolute atomic E-state index is 0.338. The normalized spacial score (nSPS) is 29.2. The first-order valence-corrected chi connectivity index (χ1v) is 6.97. The fraction of sp³-hybridized carbons (Fsp3) is 0.846. The lowest BCUT2D eigenvalue weighted by atomic mass is 10.0. The van der Waals surface area contributed by atoms with Crippen LogP contribution >= 0.6 is 0 Å². The molecule has 1 aliphatic carbocycles. The molecule has 1 N–H and O–H groups in total. The van der Waals surface area contributed by atoms with Crippen molar-refractivity contribution in [2.75, 3.05) is 6.61 Å². The fourth-order valence-corrected chi connectivity index (χ4v) is 2.86. The first kappa shape index (κ1) is 12.1. The maximum Gasteiger partial charge on any atom is 0.240 e. The number of ether oxygens (including phenoxy) is 1. The molecule has 1 aliphatic heterocycles. The topological polar surface area (TPSA) is 60.2 Å². The summed E-state index contributed by atoms with van der Waals surface area (Å²) in [6.07, 6.45) is 7.24. The highest BCUT2D eigenvalue weighted by molar-refractivity contribution is 5.01. The van der Waals surface area contributed by atoms with Crippen LogP contribution in [-0.2, 0) is 16.9 Å². The van der Waals surface area contributed by atoms with Crippen LogP contribution in [0.25, 0.3) is 0 Å². The summed E-state index contributed by atoms with van der Waals surface area (Å²) < 4.78 is 11.0. The van der Waals surface area contributed by atoms with Crippen molar-refractivity contribution >= 4 is 0 Å². The molecule has 5 heteroatoms. The lowest BCUT2D eigenvalue weighted by Gasteiger charge is -2.17. The molecule has 0 radical (unpaired) electrons. The standard InChI is InChI=1S/C13H21N3O2/c1-13(7-4-8-17-13)12-15-11(18-16-12)9-14-10-5-2-3-6-10/h10,14H,2-9H2,1H3. The van der Waals surface area contributed by atoms with Gasteiger partial charge in [0.15, 0.2) is 0 Å². The highest BCUT2D eigenvalue weighted by atomic mass is 16.5. The first-order chi connectivity index (χ1) is 8.76. The van der Waals surface area contributed by atoms with Gasteiger partial charge in [0.1, 0.15) is 5.60 Å². The van der Waals surface area contributed by atoms with E-state index in [1.54, 1.807) is 0 Å². The average molecular weight is 251 g/mol. The van der Waals surface area contributed by atoms with E-state index in [9.17, 15) is 0 Å². The lowest BCUT2D eigenvalue weighted by molar-refractivity contribution is 0.00768. The second-order valence-corrected chi connectivity index (χ2v) is 5.56. The summed E-state index contributed by atoms with van der Waals surface area (Å²) in [5.74, 6) is 1.37. The number of aromatic nitrogens is 2. The zero-order valence-corrected chi connectivity index (χ0v) is 10.9. The quantitative estimate of drug-likeness (QED) is 0.888. The largest absolute Gasteiger partial charge is 0.367 e. The van der Waals surface area contributed by atoms with Crippen LogP contribution < -0.4 is 5.32 Å². The first-order valence-electron chi connectivity index (χ1n) is 6.97. The SMILES string of the molecule is CC1(c2noc(CNC3CCCC3)n2)CCCO1. The van der Waals surface area contributed by atoms with E-state index in [0.717, 1.165) is 19.4 Å². The van der Waals surface area contributed by atoms with Crippen molar-refractivity contribution in [1.82, 2.24) is 15.5 Å². The van der Waals surface area contributed by atoms with Crippen molar-refractivity contribution in [2.45, 2.75) is 63.6 Å². The Hall–Kier alpha value is -0.940. The van der Waals surface area contributed by atoms with Crippen molar-refractivity contribution < 1.29 is 9.26 Å². The van der Waals surface area contributed by atoms with Gasteiger partial charge in [0.05, 0.1) is 6.54 Å². The molecular formula is C13H21N3O2. The van der Waals surface area contributed by atoms with Gasteiger partial charge in [0.25, 0.3) is 0 Å². The Bertz CT molecular complexity index is 393. The Labute approximate surface area is 107 Å². The highest BCUT2D eigenvalue weighted by Crippen LogP contribution is 2.33. The zero-order valence-electron chi connectivity index (χ0n) is 10.9. The van der Waals surface area contributed by atoms with Gasteiger partial charge in [-0.25, -0.2) is 0 Å². The molecule has 1 saturated carbocycles. The van der Waals surface area contributed by atoms with Gasteiger partial charge in [-0.1, -0.05) is 18.0 Å². The predicted octanol–water partition coefficient (Wildman–Crippen LogP) is 2.13. The van der Waals surface area contributed by atoms with E-state index in [4.69, 9.17) is 9.26 Å². The Balaban J connectivity index is 1.59. The van der Waals surface area contributed by atoms with Gasteiger partial charge in [-0.3, -0.25) is 0 Å². The molecule has 100 valence electrons. The van der Waals surface area contributed by atoms with E-state index in [-0.39, 0.29) is 5.60 Å². The predicted molar refractivity (Wildman–Crippen MR) is 65.9 cm³/mol. The Morgan fingerprint density at radius 1 is 1.33 bits per heavy atom. The molecule has 0 spiro atoms. The molecule has 0 bridgehead atoms. The summed E-state index contributed by atoms with van der Waals surface area (Å²) in [7, 11) is 0. The highest BCUT2D eigenvalue weighted by Gasteiger charge is 2.36. The molecular weight excluding hydrogens is 230 g/mol. The van der Waals surface area contributed by atoms with Crippen molar-refractivity contribution in [3.05, 3.63) is 11.7 Å². The smallest absolute Gasteiger partial charge is 0.240 e. The molecule has 1 aromatic rings. The summed E-state index contributed by atoms with van der Waals surface area (Å²) >= 11 is 0. The van der Waals surface area contributed by atoms with Crippen LogP contribution in [0.4, 0.5) is 0 Å². The van der Waals surface area contributed by atoms with E-state index >= 15 is 0 Å². The maximum atomic E-state index is 5.71. The number of hydrogen-bond acceptors (Lipinski definition) is 5. The summed E-state index contributed by atoms with van der Waals surface area (Å²) in [6, 6.07) is 0.624. The number of rotatable bonds is 4. The molecule has 5 nitrogen and oxygen atoms in total. The van der Waals surface area contributed by atoms with Gasteiger partial charge in [-0.2, -0.15) is 4.98 Å². The second kappa shape index (κ2) is 4.97. The van der Waals surface area contributed by atoms with Crippen molar-refractivity contribution in [3.63, 3.8) is 0 Å². The molecule has 0 aromatic carbocycles. The van der Waals surface area contributed by atoms with Crippen molar-refractivity contribution in [2.24, 2.45) is 0 Å². The van der Waals surface area contributed by atoms with Crippen LogP contribution in [0.2, 0.25) is 0 Å². The summed E-state index contributed by atoms with van der Waals surface area (Å²) in [4.78, 5) is 4.46. The molecule has 3 rings (SSSR count). The van der Waals surface area contributed by atoms with Gasteiger partial charge in [-0.15, -0.1) is 0 Å². The van der Waals surface area contributed by atoms with Gasteiger partial charge in [0.2, 0.25) is 11.7 Å². The average Bonchev–Trinajstić information content (AvgIpc) is 3.08. The van der Waals surface area contributed by atoms with Crippen molar-refractivity contribution in [3.8, 4) is 0 Å². The fourth-order valence-electron chi connectivity index (χ4n) is 2.86. The van der Waals surface area contributed by atoms with Crippen LogP contribution in [-0.4, -0.2) is 22.8 Å². The number of nitrogens with one attached hydrogen (secondary N) is 1. The van der Waals surface area contributed by atoms with Gasteiger partial charge >= 0.3 is 0 Å². The molecule has 1 unspecified atom stereocenters. The van der Waals surface area contributed by atoms with E-state index in [0.29, 0.717) is 24.3 Å². The molecule has 2 fully saturated rings. The Kier molecular flexibility index (Phi) is 3.35. The van der Waals surface area contributed by atoms with Crippen LogP contribution in [0.15, 0.2) is 4.52 Å². The van der Waals surface area contributed by atoms with E-state index in [1.807, 2.05) is 6.92 Å². The summed E-state index contributed by atoms with van der Waals surface area (Å²) in [5.41, 5.74) is -0.338. The third kappa shape index (κ3) is 2.42. The molecule has 18 heavy (non-hydrogen) atoms. The van der Waals surface area contributed by atoms with E-state index < -0.39 is 0 Å². The minimum atomic E-state index is -0.338. The molecule has 1 aromatic heterocycles. The van der Waals surface area contributed by atoms with Gasteiger partial charge in [0, 0.05) is 12.6 Å². The Morgan fingerprint density at radius 2 is 2.17 bits per heavy atom. The van der Waals surface area contributed by atoms with E-state index in [1.165, 1.54) is 25.7 Å². The van der Waals surface area contributed by atoms with Gasteiger partial charge in [-0.05, 0) is 32.6 Å². The molecule has 2 aliphatic rings. The molecule has 1 saturated heterocycles. The second-order valence-electron chi connectivity index (χ2n) is 5.56. The summed E-state index contributed by atoms with van der Waals surface area (Å²) in [5, 5.41) is 7.54. The number of hydrogen-bond donors (Lipinski definition) is 1. The van der Waals surface area contributed by atoms with Crippen molar-refractivity contribution in [1.29, 1.82) is 0 Å². The molecule has 1 atom stereocenters. The molecule has 0 amide bonds. The van der Waals surface area contributed by atoms with Crippen LogP contribution in [0.3, 0.4) is 0 Å². The Morgan fingerprint density at radius 3 is 2.89 bits per heavy atom. The maximum absolute atomic E-state index is 5.71. The number of nitrogens with zero attached hydrogens (tertiary/aromatic N) is 2. The minimum Gasteiger partial charge on any atom is -0.367 e. The molecule has 2 heterocycles. The third-order valence-corrected chi connectivity index (χ3v) is 4.06. The van der Waals surface area contributed by atoms with Crippen LogP contribution in [0, 0.1) is 0 Å². The van der Waals surface area contributed by atoms with Crippen LogP contribution in [0.5, 0.6) is 0 Å².